The molecule has 0 spiro atoms. The Kier molecular flexibility index (Phi) is 6.18. The van der Waals surface area contributed by atoms with Gasteiger partial charge in [-0.05, 0) is 72.8 Å². The van der Waals surface area contributed by atoms with E-state index in [1.165, 1.54) is 10.9 Å². The molecule has 3 aromatic carbocycles. The molecule has 0 radical (unpaired) electrons. The number of halogens is 1. The first-order valence-electron chi connectivity index (χ1n) is 10.0. The zero-order chi connectivity index (χ0) is 20.1. The summed E-state index contributed by atoms with van der Waals surface area (Å²) >= 11 is 6.09. The number of aromatic amines is 1. The maximum atomic E-state index is 6.09. The van der Waals surface area contributed by atoms with Gasteiger partial charge >= 0.3 is 0 Å². The van der Waals surface area contributed by atoms with Crippen LogP contribution < -0.4 is 10.5 Å². The highest BCUT2D eigenvalue weighted by Crippen LogP contribution is 2.34. The number of ether oxygens (including phenoxy) is 1. The van der Waals surface area contributed by atoms with Crippen LogP contribution in [0.3, 0.4) is 0 Å². The average Bonchev–Trinajstić information content (AvgIpc) is 3.11. The zero-order valence-corrected chi connectivity index (χ0v) is 17.1. The van der Waals surface area contributed by atoms with Gasteiger partial charge in [0.1, 0.15) is 12.4 Å². The van der Waals surface area contributed by atoms with Crippen LogP contribution in [-0.2, 0) is 13.0 Å². The highest BCUT2D eigenvalue weighted by atomic mass is 35.5. The standard InChI is InChI=1S/C25H25ClN2O/c26-20-11-9-19(10-12-20)25-22(8-4-5-15-27)23-16-21(13-14-24(23)28-25)29-17-18-6-2-1-3-7-18/h1-3,6-7,9-14,16,28H,4-5,8,15,17,27H2. The summed E-state index contributed by atoms with van der Waals surface area (Å²) in [5.74, 6) is 0.878. The van der Waals surface area contributed by atoms with Crippen LogP contribution in [0.15, 0.2) is 72.8 Å². The topological polar surface area (TPSA) is 51.0 Å². The van der Waals surface area contributed by atoms with Crippen molar-refractivity contribution in [2.75, 3.05) is 6.54 Å². The Bertz CT molecular complexity index is 1070. The van der Waals surface area contributed by atoms with Crippen molar-refractivity contribution in [3.63, 3.8) is 0 Å². The summed E-state index contributed by atoms with van der Waals surface area (Å²) < 4.78 is 6.06. The maximum absolute atomic E-state index is 6.09. The number of nitrogens with two attached hydrogens (primary N) is 1. The molecule has 148 valence electrons. The third-order valence-electron chi connectivity index (χ3n) is 5.14. The minimum atomic E-state index is 0.559. The number of nitrogens with one attached hydrogen (secondary N) is 1. The summed E-state index contributed by atoms with van der Waals surface area (Å²) in [5, 5.41) is 1.95. The monoisotopic (exact) mass is 404 g/mol. The molecule has 4 aromatic rings. The largest absolute Gasteiger partial charge is 0.489 e. The van der Waals surface area contributed by atoms with Gasteiger partial charge < -0.3 is 15.5 Å². The minimum absolute atomic E-state index is 0.559. The summed E-state index contributed by atoms with van der Waals surface area (Å²) in [6.07, 6.45) is 3.04. The Labute approximate surface area is 176 Å². The van der Waals surface area contributed by atoms with Crippen molar-refractivity contribution in [2.24, 2.45) is 5.73 Å². The molecule has 29 heavy (non-hydrogen) atoms. The molecule has 3 N–H and O–H groups in total. The van der Waals surface area contributed by atoms with E-state index >= 15 is 0 Å². The van der Waals surface area contributed by atoms with E-state index in [0.717, 1.165) is 52.4 Å². The normalized spacial score (nSPS) is 11.1. The minimum Gasteiger partial charge on any atom is -0.489 e. The van der Waals surface area contributed by atoms with Gasteiger partial charge in [0.2, 0.25) is 0 Å². The smallest absolute Gasteiger partial charge is 0.120 e. The van der Waals surface area contributed by atoms with E-state index in [1.807, 2.05) is 36.4 Å². The SMILES string of the molecule is NCCCCc1c(-c2ccc(Cl)cc2)[nH]c2ccc(OCc3ccccc3)cc12. The van der Waals surface area contributed by atoms with Gasteiger partial charge in [-0.15, -0.1) is 0 Å². The second-order valence-corrected chi connectivity index (χ2v) is 7.65. The lowest BCUT2D eigenvalue weighted by molar-refractivity contribution is 0.306. The molecular weight excluding hydrogens is 380 g/mol. The number of fused-ring (bicyclic) bond motifs is 1. The second-order valence-electron chi connectivity index (χ2n) is 7.21. The first-order chi connectivity index (χ1) is 14.2. The van der Waals surface area contributed by atoms with E-state index in [0.29, 0.717) is 13.2 Å². The highest BCUT2D eigenvalue weighted by Gasteiger charge is 2.14. The Balaban J connectivity index is 1.67. The number of hydrogen-bond donors (Lipinski definition) is 2. The maximum Gasteiger partial charge on any atom is 0.120 e. The van der Waals surface area contributed by atoms with Crippen molar-refractivity contribution in [2.45, 2.75) is 25.9 Å². The number of H-pyrrole nitrogens is 1. The van der Waals surface area contributed by atoms with Crippen molar-refractivity contribution in [1.82, 2.24) is 4.98 Å². The van der Waals surface area contributed by atoms with Gasteiger partial charge in [-0.1, -0.05) is 54.1 Å². The molecule has 0 amide bonds. The Morgan fingerprint density at radius 1 is 0.897 bits per heavy atom. The van der Waals surface area contributed by atoms with Gasteiger partial charge in [0.05, 0.1) is 0 Å². The third kappa shape index (κ3) is 4.64. The number of rotatable bonds is 8. The Morgan fingerprint density at radius 3 is 2.45 bits per heavy atom. The van der Waals surface area contributed by atoms with Crippen molar-refractivity contribution < 1.29 is 4.74 Å². The lowest BCUT2D eigenvalue weighted by atomic mass is 10.00. The van der Waals surface area contributed by atoms with Crippen molar-refractivity contribution >= 4 is 22.5 Å². The first kappa shape index (κ1) is 19.6. The molecule has 0 unspecified atom stereocenters. The van der Waals surface area contributed by atoms with Gasteiger partial charge in [-0.25, -0.2) is 0 Å². The van der Waals surface area contributed by atoms with Crippen LogP contribution in [0.25, 0.3) is 22.2 Å². The summed E-state index contributed by atoms with van der Waals surface area (Å²) in [4.78, 5) is 3.60. The fraction of sp³-hybridized carbons (Fsp3) is 0.200. The summed E-state index contributed by atoms with van der Waals surface area (Å²) in [5.41, 5.74) is 11.6. The summed E-state index contributed by atoms with van der Waals surface area (Å²) in [6, 6.07) is 24.5. The van der Waals surface area contributed by atoms with Crippen LogP contribution in [0.5, 0.6) is 5.75 Å². The lowest BCUT2D eigenvalue weighted by Crippen LogP contribution is -1.99. The molecule has 0 aliphatic rings. The molecule has 0 saturated carbocycles. The molecule has 0 fully saturated rings. The fourth-order valence-corrected chi connectivity index (χ4v) is 3.75. The summed E-state index contributed by atoms with van der Waals surface area (Å²) in [7, 11) is 0. The highest BCUT2D eigenvalue weighted by molar-refractivity contribution is 6.30. The lowest BCUT2D eigenvalue weighted by Gasteiger charge is -2.08. The van der Waals surface area contributed by atoms with Crippen LogP contribution in [0, 0.1) is 0 Å². The van der Waals surface area contributed by atoms with E-state index in [4.69, 9.17) is 22.1 Å². The second kappa shape index (κ2) is 9.17. The molecule has 4 rings (SSSR count). The molecule has 0 bridgehead atoms. The van der Waals surface area contributed by atoms with Crippen LogP contribution in [-0.4, -0.2) is 11.5 Å². The molecule has 0 aliphatic heterocycles. The number of benzene rings is 3. The van der Waals surface area contributed by atoms with E-state index in [2.05, 4.69) is 41.4 Å². The Hall–Kier alpha value is -2.75. The van der Waals surface area contributed by atoms with E-state index < -0.39 is 0 Å². The first-order valence-corrected chi connectivity index (χ1v) is 10.4. The molecular formula is C25H25ClN2O. The van der Waals surface area contributed by atoms with Gasteiger partial charge in [0, 0.05) is 21.6 Å². The van der Waals surface area contributed by atoms with E-state index in [1.54, 1.807) is 0 Å². The van der Waals surface area contributed by atoms with Crippen LogP contribution >= 0.6 is 11.6 Å². The third-order valence-corrected chi connectivity index (χ3v) is 5.39. The van der Waals surface area contributed by atoms with Gasteiger partial charge in [-0.2, -0.15) is 0 Å². The molecule has 0 saturated heterocycles. The van der Waals surface area contributed by atoms with Crippen molar-refractivity contribution in [1.29, 1.82) is 0 Å². The molecule has 4 heteroatoms. The predicted octanol–water partition coefficient (Wildman–Crippen LogP) is 6.35. The zero-order valence-electron chi connectivity index (χ0n) is 16.3. The number of hydrogen-bond acceptors (Lipinski definition) is 2. The van der Waals surface area contributed by atoms with Crippen LogP contribution in [0.4, 0.5) is 0 Å². The number of aromatic nitrogens is 1. The average molecular weight is 405 g/mol. The number of aryl methyl sites for hydroxylation is 1. The summed E-state index contributed by atoms with van der Waals surface area (Å²) in [6.45, 7) is 1.27. The van der Waals surface area contributed by atoms with Crippen LogP contribution in [0.1, 0.15) is 24.0 Å². The molecule has 1 heterocycles. The fourth-order valence-electron chi connectivity index (χ4n) is 3.63. The van der Waals surface area contributed by atoms with E-state index in [9.17, 15) is 0 Å². The van der Waals surface area contributed by atoms with Gasteiger partial charge in [0.25, 0.3) is 0 Å². The number of unbranched alkanes of at least 4 members (excludes halogenated alkanes) is 1. The van der Waals surface area contributed by atoms with E-state index in [-0.39, 0.29) is 0 Å². The molecule has 0 atom stereocenters. The molecule has 0 aliphatic carbocycles. The predicted molar refractivity (Wildman–Crippen MR) is 122 cm³/mol. The van der Waals surface area contributed by atoms with Crippen LogP contribution in [0.2, 0.25) is 5.02 Å². The van der Waals surface area contributed by atoms with Gasteiger partial charge in [-0.3, -0.25) is 0 Å². The van der Waals surface area contributed by atoms with Crippen molar-refractivity contribution in [3.05, 3.63) is 88.9 Å². The Morgan fingerprint density at radius 2 is 1.69 bits per heavy atom. The van der Waals surface area contributed by atoms with Gasteiger partial charge in [0.15, 0.2) is 0 Å². The quantitative estimate of drug-likeness (QED) is 0.336. The molecule has 1 aromatic heterocycles. The van der Waals surface area contributed by atoms with Crippen molar-refractivity contribution in [3.8, 4) is 17.0 Å². The molecule has 3 nitrogen and oxygen atoms in total.